The van der Waals surface area contributed by atoms with Crippen LogP contribution in [-0.2, 0) is 5.72 Å². The fraction of sp³-hybridized carbons (Fsp3) is 0.364. The average Bonchev–Trinajstić information content (AvgIpc) is 2.70. The number of nitrogens with one attached hydrogen (secondary N) is 1. The maximum absolute atomic E-state index is 10.8. The third kappa shape index (κ3) is 2.34. The first-order valence-electron chi connectivity index (χ1n) is 5.34. The van der Waals surface area contributed by atoms with Gasteiger partial charge in [0.25, 0.3) is 0 Å². The molecule has 1 aromatic rings. The van der Waals surface area contributed by atoms with Gasteiger partial charge in [-0.1, -0.05) is 39.8 Å². The van der Waals surface area contributed by atoms with Crippen LogP contribution in [0.1, 0.15) is 5.56 Å². The highest BCUT2D eigenvalue weighted by Gasteiger charge is 2.45. The van der Waals surface area contributed by atoms with Crippen molar-refractivity contribution in [2.45, 2.75) is 5.72 Å². The molecule has 2 aliphatic heterocycles. The first-order chi connectivity index (χ1) is 8.20. The van der Waals surface area contributed by atoms with E-state index in [1.165, 1.54) is 0 Å². The minimum Gasteiger partial charge on any atom is -0.366 e. The molecular formula is C11H13Br2N3OS. The van der Waals surface area contributed by atoms with Crippen molar-refractivity contribution < 1.29 is 5.11 Å². The number of amidine groups is 1. The molecule has 0 spiro atoms. The van der Waals surface area contributed by atoms with Crippen LogP contribution in [0.3, 0.4) is 0 Å². The zero-order valence-electron chi connectivity index (χ0n) is 9.47. The van der Waals surface area contributed by atoms with E-state index in [1.807, 2.05) is 29.2 Å². The molecule has 0 aromatic heterocycles. The van der Waals surface area contributed by atoms with Gasteiger partial charge in [0.1, 0.15) is 0 Å². The molecular weight excluding hydrogens is 382 g/mol. The van der Waals surface area contributed by atoms with Crippen molar-refractivity contribution in [1.82, 2.24) is 10.2 Å². The molecule has 98 valence electrons. The topological polar surface area (TPSA) is 47.9 Å². The molecule has 0 aliphatic carbocycles. The molecule has 1 fully saturated rings. The Labute approximate surface area is 129 Å². The predicted molar refractivity (Wildman–Crippen MR) is 83.0 cm³/mol. The minimum atomic E-state index is -0.947. The summed E-state index contributed by atoms with van der Waals surface area (Å²) in [4.78, 5) is 6.28. The number of thioether (sulfide) groups is 1. The summed E-state index contributed by atoms with van der Waals surface area (Å²) >= 11 is 5.01. The van der Waals surface area contributed by atoms with Gasteiger partial charge in [0.05, 0.1) is 19.1 Å². The monoisotopic (exact) mass is 393 g/mol. The van der Waals surface area contributed by atoms with Crippen molar-refractivity contribution in [3.05, 3.63) is 34.3 Å². The summed E-state index contributed by atoms with van der Waals surface area (Å²) in [5, 5.41) is 14.9. The molecule has 1 aromatic carbocycles. The number of aliphatic imine (C=N–C) groups is 1. The summed E-state index contributed by atoms with van der Waals surface area (Å²) in [6, 6.07) is 7.79. The van der Waals surface area contributed by atoms with Crippen LogP contribution in [-0.4, -0.2) is 34.3 Å². The Kier molecular flexibility index (Phi) is 4.38. The van der Waals surface area contributed by atoms with E-state index in [2.05, 4.69) is 26.2 Å². The third-order valence-corrected chi connectivity index (χ3v) is 4.67. The van der Waals surface area contributed by atoms with E-state index in [4.69, 9.17) is 0 Å². The van der Waals surface area contributed by atoms with E-state index in [9.17, 15) is 5.11 Å². The SMILES string of the molecule is Br.OC1(c2ccc(Br)cc2)CSC2=NCNCN21. The van der Waals surface area contributed by atoms with E-state index >= 15 is 0 Å². The van der Waals surface area contributed by atoms with E-state index in [1.54, 1.807) is 11.8 Å². The quantitative estimate of drug-likeness (QED) is 0.765. The van der Waals surface area contributed by atoms with Crippen molar-refractivity contribution in [3.63, 3.8) is 0 Å². The summed E-state index contributed by atoms with van der Waals surface area (Å²) in [7, 11) is 0. The standard InChI is InChI=1S/C11H12BrN3OS.BrH/c12-9-3-1-8(2-4-9)11(16)5-17-10-14-6-13-7-15(10)11;/h1-4,13,16H,5-7H2;1H. The lowest BCUT2D eigenvalue weighted by Gasteiger charge is -2.36. The summed E-state index contributed by atoms with van der Waals surface area (Å²) in [6.07, 6.45) is 0. The van der Waals surface area contributed by atoms with Crippen LogP contribution in [0, 0.1) is 0 Å². The normalized spacial score (nSPS) is 26.3. The maximum Gasteiger partial charge on any atom is 0.176 e. The Morgan fingerprint density at radius 2 is 2.11 bits per heavy atom. The summed E-state index contributed by atoms with van der Waals surface area (Å²) < 4.78 is 1.01. The lowest BCUT2D eigenvalue weighted by Crippen LogP contribution is -2.51. The van der Waals surface area contributed by atoms with Crippen LogP contribution < -0.4 is 5.32 Å². The number of hydrogen-bond donors (Lipinski definition) is 2. The number of nitrogens with zero attached hydrogens (tertiary/aromatic N) is 2. The zero-order valence-corrected chi connectivity index (χ0v) is 13.6. The van der Waals surface area contributed by atoms with Crippen LogP contribution in [0.5, 0.6) is 0 Å². The molecule has 18 heavy (non-hydrogen) atoms. The lowest BCUT2D eigenvalue weighted by atomic mass is 10.0. The molecule has 0 bridgehead atoms. The first kappa shape index (κ1) is 14.3. The van der Waals surface area contributed by atoms with Gasteiger partial charge in [-0.3, -0.25) is 5.32 Å². The molecule has 0 saturated carbocycles. The maximum atomic E-state index is 10.8. The predicted octanol–water partition coefficient (Wildman–Crippen LogP) is 2.10. The summed E-state index contributed by atoms with van der Waals surface area (Å²) in [5.74, 6) is 0.620. The second-order valence-electron chi connectivity index (χ2n) is 4.05. The van der Waals surface area contributed by atoms with E-state index in [0.29, 0.717) is 19.1 Å². The number of aliphatic hydroxyl groups is 1. The van der Waals surface area contributed by atoms with Crippen LogP contribution in [0.25, 0.3) is 0 Å². The first-order valence-corrected chi connectivity index (χ1v) is 7.12. The molecule has 2 aliphatic rings. The van der Waals surface area contributed by atoms with Gasteiger partial charge >= 0.3 is 0 Å². The zero-order chi connectivity index (χ0) is 11.9. The molecule has 2 N–H and O–H groups in total. The third-order valence-electron chi connectivity index (χ3n) is 2.98. The minimum absolute atomic E-state index is 0. The van der Waals surface area contributed by atoms with E-state index in [0.717, 1.165) is 15.2 Å². The summed E-state index contributed by atoms with van der Waals surface area (Å²) in [5.41, 5.74) is -0.0421. The Morgan fingerprint density at radius 3 is 2.83 bits per heavy atom. The number of hydrogen-bond acceptors (Lipinski definition) is 5. The van der Waals surface area contributed by atoms with Gasteiger partial charge in [-0.15, -0.1) is 17.0 Å². The second kappa shape index (κ2) is 5.50. The van der Waals surface area contributed by atoms with Gasteiger partial charge in [-0.25, -0.2) is 4.99 Å². The van der Waals surface area contributed by atoms with Crippen molar-refractivity contribution in [2.24, 2.45) is 4.99 Å². The van der Waals surface area contributed by atoms with Gasteiger partial charge in [-0.2, -0.15) is 0 Å². The number of fused-ring (bicyclic) bond motifs is 1. The number of benzene rings is 1. The van der Waals surface area contributed by atoms with Crippen LogP contribution >= 0.6 is 44.7 Å². The largest absolute Gasteiger partial charge is 0.366 e. The van der Waals surface area contributed by atoms with Crippen LogP contribution in [0.15, 0.2) is 33.7 Å². The van der Waals surface area contributed by atoms with Crippen molar-refractivity contribution >= 4 is 49.8 Å². The fourth-order valence-corrected chi connectivity index (χ4v) is 3.49. The molecule has 7 heteroatoms. The fourth-order valence-electron chi connectivity index (χ4n) is 2.05. The van der Waals surface area contributed by atoms with E-state index in [-0.39, 0.29) is 17.0 Å². The smallest absolute Gasteiger partial charge is 0.176 e. The molecule has 1 unspecified atom stereocenters. The van der Waals surface area contributed by atoms with Crippen molar-refractivity contribution in [2.75, 3.05) is 19.1 Å². The number of halogens is 2. The van der Waals surface area contributed by atoms with Gasteiger partial charge in [0.15, 0.2) is 10.9 Å². The molecule has 2 heterocycles. The number of rotatable bonds is 1. The highest BCUT2D eigenvalue weighted by Crippen LogP contribution is 2.39. The highest BCUT2D eigenvalue weighted by atomic mass is 79.9. The van der Waals surface area contributed by atoms with Gasteiger partial charge in [0.2, 0.25) is 0 Å². The van der Waals surface area contributed by atoms with Crippen LogP contribution in [0.4, 0.5) is 0 Å². The Morgan fingerprint density at radius 1 is 1.39 bits per heavy atom. The molecule has 0 radical (unpaired) electrons. The molecule has 4 nitrogen and oxygen atoms in total. The van der Waals surface area contributed by atoms with Gasteiger partial charge in [-0.05, 0) is 12.1 Å². The molecule has 1 atom stereocenters. The lowest BCUT2D eigenvalue weighted by molar-refractivity contribution is -0.0532. The second-order valence-corrected chi connectivity index (χ2v) is 5.91. The van der Waals surface area contributed by atoms with Crippen molar-refractivity contribution in [1.29, 1.82) is 0 Å². The van der Waals surface area contributed by atoms with Gasteiger partial charge < -0.3 is 10.0 Å². The molecule has 0 amide bonds. The average molecular weight is 395 g/mol. The van der Waals surface area contributed by atoms with E-state index < -0.39 is 5.72 Å². The Hall–Kier alpha value is -0.0800. The van der Waals surface area contributed by atoms with Gasteiger partial charge in [0, 0.05) is 10.0 Å². The van der Waals surface area contributed by atoms with Crippen LogP contribution in [0.2, 0.25) is 0 Å². The highest BCUT2D eigenvalue weighted by molar-refractivity contribution is 9.10. The molecule has 1 saturated heterocycles. The van der Waals surface area contributed by atoms with Crippen molar-refractivity contribution in [3.8, 4) is 0 Å². The molecule has 3 rings (SSSR count). The Bertz CT molecular complexity index is 468. The Balaban J connectivity index is 0.00000120. The summed E-state index contributed by atoms with van der Waals surface area (Å²) in [6.45, 7) is 1.27.